The van der Waals surface area contributed by atoms with Gasteiger partial charge in [-0.05, 0) is 37.5 Å². The molecule has 1 aliphatic heterocycles. The van der Waals surface area contributed by atoms with E-state index in [4.69, 9.17) is 4.74 Å². The summed E-state index contributed by atoms with van der Waals surface area (Å²) in [5.41, 5.74) is -0.548. The summed E-state index contributed by atoms with van der Waals surface area (Å²) >= 11 is 0. The van der Waals surface area contributed by atoms with Gasteiger partial charge in [0.1, 0.15) is 5.75 Å². The molecule has 3 saturated carbocycles. The zero-order chi connectivity index (χ0) is 25.5. The number of amides is 1. The van der Waals surface area contributed by atoms with Crippen molar-refractivity contribution in [1.29, 1.82) is 0 Å². The molecule has 3 fully saturated rings. The molecule has 0 spiro atoms. The highest BCUT2D eigenvalue weighted by atomic mass is 19.4. The van der Waals surface area contributed by atoms with Crippen molar-refractivity contribution in [1.82, 2.24) is 20.1 Å². The number of hydrogen-bond acceptors (Lipinski definition) is 5. The molecule has 188 valence electrons. The Bertz CT molecular complexity index is 1350. The monoisotopic (exact) mass is 506 g/mol. The first-order valence-electron chi connectivity index (χ1n) is 11.2. The number of ether oxygens (including phenoxy) is 1. The first-order chi connectivity index (χ1) is 17.0. The van der Waals surface area contributed by atoms with Crippen LogP contribution in [0.3, 0.4) is 0 Å². The van der Waals surface area contributed by atoms with E-state index in [0.29, 0.717) is 30.5 Å². The highest BCUT2D eigenvalue weighted by Gasteiger charge is 2.70. The van der Waals surface area contributed by atoms with Crippen LogP contribution in [0.25, 0.3) is 11.3 Å². The SMILES string of the molecule is O=C(NC12CC(n3cc(-c4ccc(C(F)(F)F)cn4)cn3)(C1)C2)[C@H]1C[C@@H](O)c2cc(F)c(F)cc2O1. The molecule has 36 heavy (non-hydrogen) atoms. The minimum Gasteiger partial charge on any atom is -0.480 e. The molecule has 0 radical (unpaired) electrons. The number of halogens is 5. The third-order valence-corrected chi connectivity index (χ3v) is 7.26. The molecule has 2 bridgehead atoms. The molecule has 1 amide bonds. The first kappa shape index (κ1) is 22.9. The lowest BCUT2D eigenvalue weighted by molar-refractivity contribution is -0.165. The van der Waals surface area contributed by atoms with Gasteiger partial charge in [-0.1, -0.05) is 0 Å². The Hall–Kier alpha value is -3.54. The maximum Gasteiger partial charge on any atom is 0.417 e. The van der Waals surface area contributed by atoms with Gasteiger partial charge in [0.05, 0.1) is 29.1 Å². The molecule has 0 unspecified atom stereocenters. The number of nitrogens with one attached hydrogen (secondary N) is 1. The van der Waals surface area contributed by atoms with E-state index in [9.17, 15) is 31.9 Å². The van der Waals surface area contributed by atoms with Crippen LogP contribution < -0.4 is 10.1 Å². The molecule has 0 saturated heterocycles. The number of hydrogen-bond donors (Lipinski definition) is 2. The third-order valence-electron chi connectivity index (χ3n) is 7.26. The van der Waals surface area contributed by atoms with Crippen molar-refractivity contribution >= 4 is 5.91 Å². The smallest absolute Gasteiger partial charge is 0.417 e. The van der Waals surface area contributed by atoms with E-state index in [0.717, 1.165) is 24.4 Å². The number of alkyl halides is 3. The Labute approximate surface area is 200 Å². The molecule has 3 heterocycles. The predicted molar refractivity (Wildman–Crippen MR) is 114 cm³/mol. The molecule has 2 atom stereocenters. The first-order valence-corrected chi connectivity index (χ1v) is 11.2. The van der Waals surface area contributed by atoms with Crippen LogP contribution in [-0.4, -0.2) is 37.4 Å². The van der Waals surface area contributed by atoms with Crippen LogP contribution in [-0.2, 0) is 16.5 Å². The van der Waals surface area contributed by atoms with E-state index in [1.54, 1.807) is 10.9 Å². The summed E-state index contributed by atoms with van der Waals surface area (Å²) < 4.78 is 72.7. The molecular formula is C24H19F5N4O3. The van der Waals surface area contributed by atoms with Gasteiger partial charge in [-0.2, -0.15) is 18.3 Å². The Morgan fingerprint density at radius 3 is 2.53 bits per heavy atom. The van der Waals surface area contributed by atoms with E-state index in [1.165, 1.54) is 12.3 Å². The van der Waals surface area contributed by atoms with Crippen molar-refractivity contribution < 1.29 is 36.6 Å². The molecule has 12 heteroatoms. The average molecular weight is 506 g/mol. The van der Waals surface area contributed by atoms with Crippen molar-refractivity contribution in [3.05, 3.63) is 65.6 Å². The fraction of sp³-hybridized carbons (Fsp3) is 0.375. The van der Waals surface area contributed by atoms with Crippen molar-refractivity contribution in [2.24, 2.45) is 0 Å². The van der Waals surface area contributed by atoms with E-state index in [-0.39, 0.29) is 23.3 Å². The summed E-state index contributed by atoms with van der Waals surface area (Å²) in [4.78, 5) is 16.7. The largest absolute Gasteiger partial charge is 0.480 e. The van der Waals surface area contributed by atoms with Gasteiger partial charge in [0.15, 0.2) is 17.7 Å². The lowest BCUT2D eigenvalue weighted by Gasteiger charge is -2.70. The summed E-state index contributed by atoms with van der Waals surface area (Å²) in [6.07, 6.45) is -0.928. The van der Waals surface area contributed by atoms with Gasteiger partial charge < -0.3 is 15.2 Å². The molecule has 3 aromatic rings. The number of aromatic nitrogens is 3. The molecule has 7 nitrogen and oxygen atoms in total. The molecule has 7 rings (SSSR count). The molecule has 2 aromatic heterocycles. The second-order valence-electron chi connectivity index (χ2n) is 9.79. The lowest BCUT2D eigenvalue weighted by Crippen LogP contribution is -2.79. The zero-order valence-corrected chi connectivity index (χ0v) is 18.5. The van der Waals surface area contributed by atoms with Gasteiger partial charge in [-0.3, -0.25) is 14.5 Å². The van der Waals surface area contributed by atoms with Gasteiger partial charge in [-0.25, -0.2) is 8.78 Å². The van der Waals surface area contributed by atoms with Gasteiger partial charge in [0.2, 0.25) is 0 Å². The van der Waals surface area contributed by atoms with Gasteiger partial charge in [-0.15, -0.1) is 0 Å². The van der Waals surface area contributed by atoms with Crippen molar-refractivity contribution in [2.75, 3.05) is 0 Å². The van der Waals surface area contributed by atoms with E-state index in [2.05, 4.69) is 15.4 Å². The zero-order valence-electron chi connectivity index (χ0n) is 18.5. The van der Waals surface area contributed by atoms with Crippen LogP contribution in [0.2, 0.25) is 0 Å². The maximum atomic E-state index is 13.6. The fourth-order valence-corrected chi connectivity index (χ4v) is 5.50. The maximum absolute atomic E-state index is 13.6. The lowest BCUT2D eigenvalue weighted by atomic mass is 9.44. The number of aliphatic hydroxyl groups excluding tert-OH is 1. The molecule has 4 aliphatic rings. The van der Waals surface area contributed by atoms with Crippen LogP contribution in [0.15, 0.2) is 42.9 Å². The molecule has 3 aliphatic carbocycles. The average Bonchev–Trinajstić information content (AvgIpc) is 3.26. The number of carbonyl (C=O) groups is 1. The van der Waals surface area contributed by atoms with Crippen LogP contribution in [0.5, 0.6) is 5.75 Å². The predicted octanol–water partition coefficient (Wildman–Crippen LogP) is 3.87. The van der Waals surface area contributed by atoms with Gasteiger partial charge >= 0.3 is 6.18 Å². The number of carbonyl (C=O) groups excluding carboxylic acids is 1. The number of benzene rings is 1. The highest BCUT2D eigenvalue weighted by Crippen LogP contribution is 2.65. The minimum atomic E-state index is -4.46. The quantitative estimate of drug-likeness (QED) is 0.525. The fourth-order valence-electron chi connectivity index (χ4n) is 5.50. The molecule has 2 N–H and O–H groups in total. The van der Waals surface area contributed by atoms with Gasteiger partial charge in [0, 0.05) is 41.5 Å². The third kappa shape index (κ3) is 3.54. The highest BCUT2D eigenvalue weighted by molar-refractivity contribution is 5.83. The summed E-state index contributed by atoms with van der Waals surface area (Å²) in [7, 11) is 0. The summed E-state index contributed by atoms with van der Waals surface area (Å²) in [6, 6.07) is 3.96. The van der Waals surface area contributed by atoms with E-state index >= 15 is 0 Å². The number of rotatable bonds is 4. The minimum absolute atomic E-state index is 0.0668. The number of fused-ring (bicyclic) bond motifs is 1. The summed E-state index contributed by atoms with van der Waals surface area (Å²) in [6.45, 7) is 0. The second-order valence-corrected chi connectivity index (χ2v) is 9.79. The standard InChI is InChI=1S/C24H19F5N4O3/c25-15-3-14-18(34)5-20(36-19(14)4-16(15)26)21(35)32-22-9-23(10-22,11-22)33-8-12(6-31-33)17-2-1-13(7-30-17)24(27,28)29/h1-4,6-8,18,20,34H,5,9-11H2,(H,32,35)/t18-,20-,22?,23?/m1/s1. The Morgan fingerprint density at radius 2 is 1.86 bits per heavy atom. The number of aliphatic hydroxyl groups is 1. The van der Waals surface area contributed by atoms with Crippen LogP contribution in [0.1, 0.15) is 42.9 Å². The van der Waals surface area contributed by atoms with Crippen molar-refractivity contribution in [2.45, 2.75) is 55.1 Å². The van der Waals surface area contributed by atoms with Crippen LogP contribution in [0.4, 0.5) is 22.0 Å². The Morgan fingerprint density at radius 1 is 1.14 bits per heavy atom. The van der Waals surface area contributed by atoms with E-state index in [1.807, 2.05) is 0 Å². The van der Waals surface area contributed by atoms with E-state index < -0.39 is 47.0 Å². The molecular weight excluding hydrogens is 487 g/mol. The second kappa shape index (κ2) is 7.48. The normalized spacial score (nSPS) is 28.4. The Balaban J connectivity index is 1.09. The number of nitrogens with zero attached hydrogens (tertiary/aromatic N) is 3. The molecule has 1 aromatic carbocycles. The van der Waals surface area contributed by atoms with Crippen LogP contribution >= 0.6 is 0 Å². The van der Waals surface area contributed by atoms with Gasteiger partial charge in [0.25, 0.3) is 5.91 Å². The Kier molecular flexibility index (Phi) is 4.76. The summed E-state index contributed by atoms with van der Waals surface area (Å²) in [5, 5.41) is 17.6. The van der Waals surface area contributed by atoms with Crippen LogP contribution in [0, 0.1) is 11.6 Å². The number of pyridine rings is 1. The van der Waals surface area contributed by atoms with Crippen molar-refractivity contribution in [3.63, 3.8) is 0 Å². The topological polar surface area (TPSA) is 89.3 Å². The summed E-state index contributed by atoms with van der Waals surface area (Å²) in [5.74, 6) is -2.75. The van der Waals surface area contributed by atoms with Crippen molar-refractivity contribution in [3.8, 4) is 17.0 Å².